The van der Waals surface area contributed by atoms with Gasteiger partial charge in [-0.1, -0.05) is 31.6 Å². The lowest BCUT2D eigenvalue weighted by atomic mass is 10.2. The van der Waals surface area contributed by atoms with Crippen LogP contribution >= 0.6 is 12.2 Å². The lowest BCUT2D eigenvalue weighted by Crippen LogP contribution is -2.31. The molecular formula is C14H16N4OS. The second kappa shape index (κ2) is 6.38. The highest BCUT2D eigenvalue weighted by Gasteiger charge is 2.12. The predicted octanol–water partition coefficient (Wildman–Crippen LogP) is 1.74. The molecule has 20 heavy (non-hydrogen) atoms. The maximum atomic E-state index is 12.2. The smallest absolute Gasteiger partial charge is 0.277 e. The summed E-state index contributed by atoms with van der Waals surface area (Å²) in [6, 6.07) is 7.13. The minimum Gasteiger partial charge on any atom is -0.389 e. The van der Waals surface area contributed by atoms with Crippen LogP contribution in [-0.2, 0) is 6.54 Å². The van der Waals surface area contributed by atoms with Crippen molar-refractivity contribution in [1.29, 1.82) is 0 Å². The quantitative estimate of drug-likeness (QED) is 0.848. The number of aromatic nitrogens is 3. The Morgan fingerprint density at radius 3 is 2.80 bits per heavy atom. The van der Waals surface area contributed by atoms with E-state index in [0.717, 1.165) is 12.8 Å². The summed E-state index contributed by atoms with van der Waals surface area (Å²) in [7, 11) is 0. The minimum atomic E-state index is -0.245. The molecule has 5 nitrogen and oxygen atoms in total. The van der Waals surface area contributed by atoms with Crippen LogP contribution in [0.5, 0.6) is 0 Å². The summed E-state index contributed by atoms with van der Waals surface area (Å²) in [5.74, 6) is 0. The van der Waals surface area contributed by atoms with Crippen LogP contribution < -0.4 is 11.3 Å². The topological polar surface area (TPSA) is 73.8 Å². The first-order valence-electron chi connectivity index (χ1n) is 6.47. The molecule has 0 unspecified atom stereocenters. The summed E-state index contributed by atoms with van der Waals surface area (Å²) in [5.41, 5.74) is 6.99. The molecule has 0 spiro atoms. The van der Waals surface area contributed by atoms with Crippen LogP contribution in [0.4, 0.5) is 0 Å². The van der Waals surface area contributed by atoms with E-state index in [1.54, 1.807) is 12.3 Å². The van der Waals surface area contributed by atoms with Crippen molar-refractivity contribution in [3.8, 4) is 11.4 Å². The van der Waals surface area contributed by atoms with Gasteiger partial charge >= 0.3 is 0 Å². The van der Waals surface area contributed by atoms with Crippen molar-refractivity contribution in [2.24, 2.45) is 5.73 Å². The molecule has 0 saturated carbocycles. The standard InChI is InChI=1S/C14H16N4OS/c1-2-3-8-18-14(19)10(13(15)20)9-12(17-18)11-6-4-5-7-16-11/h4-7,9H,2-3,8H2,1H3,(H2,15,20). The van der Waals surface area contributed by atoms with Crippen molar-refractivity contribution in [2.75, 3.05) is 0 Å². The fourth-order valence-corrected chi connectivity index (χ4v) is 1.96. The van der Waals surface area contributed by atoms with Crippen molar-refractivity contribution in [2.45, 2.75) is 26.3 Å². The van der Waals surface area contributed by atoms with Gasteiger partial charge < -0.3 is 5.73 Å². The van der Waals surface area contributed by atoms with Gasteiger partial charge in [0.1, 0.15) is 10.7 Å². The Kier molecular flexibility index (Phi) is 4.57. The van der Waals surface area contributed by atoms with E-state index in [1.807, 2.05) is 18.2 Å². The predicted molar refractivity (Wildman–Crippen MR) is 82.5 cm³/mol. The van der Waals surface area contributed by atoms with E-state index in [9.17, 15) is 4.79 Å². The fraction of sp³-hybridized carbons (Fsp3) is 0.286. The summed E-state index contributed by atoms with van der Waals surface area (Å²) in [4.78, 5) is 16.5. The molecule has 2 rings (SSSR count). The molecule has 2 heterocycles. The number of hydrogen-bond acceptors (Lipinski definition) is 4. The molecule has 2 aromatic rings. The molecule has 0 saturated heterocycles. The summed E-state index contributed by atoms with van der Waals surface area (Å²) in [6.45, 7) is 2.60. The molecular weight excluding hydrogens is 272 g/mol. The zero-order valence-electron chi connectivity index (χ0n) is 11.2. The molecule has 0 aliphatic rings. The first-order chi connectivity index (χ1) is 9.63. The molecule has 0 radical (unpaired) electrons. The van der Waals surface area contributed by atoms with Crippen LogP contribution in [0.25, 0.3) is 11.4 Å². The Hall–Kier alpha value is -2.08. The molecule has 104 valence electrons. The van der Waals surface area contributed by atoms with Crippen LogP contribution in [0.3, 0.4) is 0 Å². The van der Waals surface area contributed by atoms with Crippen LogP contribution in [0.15, 0.2) is 35.3 Å². The monoisotopic (exact) mass is 288 g/mol. The van der Waals surface area contributed by atoms with E-state index in [4.69, 9.17) is 18.0 Å². The van der Waals surface area contributed by atoms with Gasteiger partial charge in [-0.2, -0.15) is 5.10 Å². The average molecular weight is 288 g/mol. The number of rotatable bonds is 5. The number of nitrogens with zero attached hydrogens (tertiary/aromatic N) is 3. The molecule has 2 N–H and O–H groups in total. The zero-order valence-corrected chi connectivity index (χ0v) is 12.1. The summed E-state index contributed by atoms with van der Waals surface area (Å²) in [6.07, 6.45) is 3.53. The number of unbranched alkanes of at least 4 members (excludes halogenated alkanes) is 1. The Labute approximate surface area is 122 Å². The van der Waals surface area contributed by atoms with E-state index in [0.29, 0.717) is 23.5 Å². The van der Waals surface area contributed by atoms with Crippen molar-refractivity contribution in [3.63, 3.8) is 0 Å². The molecule has 0 aromatic carbocycles. The number of pyridine rings is 1. The molecule has 0 fully saturated rings. The number of thiocarbonyl (C=S) groups is 1. The maximum absolute atomic E-state index is 12.2. The van der Waals surface area contributed by atoms with Gasteiger partial charge in [-0.05, 0) is 24.6 Å². The normalized spacial score (nSPS) is 10.4. The highest BCUT2D eigenvalue weighted by atomic mass is 32.1. The third-order valence-electron chi connectivity index (χ3n) is 2.89. The van der Waals surface area contributed by atoms with Gasteiger partial charge in [-0.3, -0.25) is 9.78 Å². The van der Waals surface area contributed by atoms with Crippen molar-refractivity contribution < 1.29 is 0 Å². The minimum absolute atomic E-state index is 0.0832. The van der Waals surface area contributed by atoms with E-state index >= 15 is 0 Å². The van der Waals surface area contributed by atoms with Crippen LogP contribution in [0, 0.1) is 0 Å². The molecule has 0 aliphatic carbocycles. The second-order valence-electron chi connectivity index (χ2n) is 4.40. The first-order valence-corrected chi connectivity index (χ1v) is 6.87. The number of nitrogens with two attached hydrogens (primary N) is 1. The molecule has 2 aromatic heterocycles. The largest absolute Gasteiger partial charge is 0.389 e. The molecule has 0 bridgehead atoms. The van der Waals surface area contributed by atoms with Gasteiger partial charge in [0.15, 0.2) is 0 Å². The first kappa shape index (κ1) is 14.3. The number of aryl methyl sites for hydroxylation is 1. The Morgan fingerprint density at radius 1 is 1.40 bits per heavy atom. The van der Waals surface area contributed by atoms with Crippen molar-refractivity contribution >= 4 is 17.2 Å². The Morgan fingerprint density at radius 2 is 2.20 bits per heavy atom. The van der Waals surface area contributed by atoms with Gasteiger partial charge in [0, 0.05) is 12.7 Å². The van der Waals surface area contributed by atoms with Gasteiger partial charge in [0.2, 0.25) is 0 Å². The summed E-state index contributed by atoms with van der Waals surface area (Å²) >= 11 is 4.95. The van der Waals surface area contributed by atoms with Gasteiger partial charge in [0.25, 0.3) is 5.56 Å². The zero-order chi connectivity index (χ0) is 14.5. The van der Waals surface area contributed by atoms with Crippen molar-refractivity contribution in [1.82, 2.24) is 14.8 Å². The molecule has 0 aliphatic heterocycles. The maximum Gasteiger partial charge on any atom is 0.277 e. The van der Waals surface area contributed by atoms with Crippen LogP contribution in [0.2, 0.25) is 0 Å². The lowest BCUT2D eigenvalue weighted by Gasteiger charge is -2.09. The van der Waals surface area contributed by atoms with Gasteiger partial charge in [-0.15, -0.1) is 0 Å². The molecule has 0 atom stereocenters. The second-order valence-corrected chi connectivity index (χ2v) is 4.84. The highest BCUT2D eigenvalue weighted by Crippen LogP contribution is 2.13. The Balaban J connectivity index is 2.56. The number of hydrogen-bond donors (Lipinski definition) is 1. The summed E-state index contributed by atoms with van der Waals surface area (Å²) in [5, 5.41) is 4.35. The van der Waals surface area contributed by atoms with Crippen LogP contribution in [-0.4, -0.2) is 19.8 Å². The SMILES string of the molecule is CCCCn1nc(-c2ccccn2)cc(C(N)=S)c1=O. The van der Waals surface area contributed by atoms with Gasteiger partial charge in [-0.25, -0.2) is 4.68 Å². The lowest BCUT2D eigenvalue weighted by molar-refractivity contribution is 0.544. The van der Waals surface area contributed by atoms with Gasteiger partial charge in [0.05, 0.1) is 11.3 Å². The summed E-state index contributed by atoms with van der Waals surface area (Å²) < 4.78 is 1.42. The fourth-order valence-electron chi connectivity index (χ4n) is 1.82. The average Bonchev–Trinajstić information content (AvgIpc) is 2.46. The van der Waals surface area contributed by atoms with E-state index in [-0.39, 0.29) is 10.5 Å². The van der Waals surface area contributed by atoms with E-state index in [1.165, 1.54) is 4.68 Å². The third-order valence-corrected chi connectivity index (χ3v) is 3.11. The highest BCUT2D eigenvalue weighted by molar-refractivity contribution is 7.80. The van der Waals surface area contributed by atoms with Crippen LogP contribution in [0.1, 0.15) is 25.3 Å². The Bertz CT molecular complexity index is 667. The molecule has 6 heteroatoms. The van der Waals surface area contributed by atoms with E-state index in [2.05, 4.69) is 17.0 Å². The van der Waals surface area contributed by atoms with E-state index < -0.39 is 0 Å². The molecule has 0 amide bonds. The van der Waals surface area contributed by atoms with Crippen molar-refractivity contribution in [3.05, 3.63) is 46.4 Å². The third kappa shape index (κ3) is 3.08.